The van der Waals surface area contributed by atoms with Crippen molar-refractivity contribution >= 4 is 28.1 Å². The van der Waals surface area contributed by atoms with Crippen molar-refractivity contribution in [3.8, 4) is 21.8 Å². The highest BCUT2D eigenvalue weighted by Crippen LogP contribution is 2.37. The molecule has 6 nitrogen and oxygen atoms in total. The van der Waals surface area contributed by atoms with Crippen molar-refractivity contribution < 1.29 is 5.11 Å². The Kier molecular flexibility index (Phi) is 5.27. The predicted molar refractivity (Wildman–Crippen MR) is 114 cm³/mol. The number of hydrogen-bond acceptors (Lipinski definition) is 7. The summed E-state index contributed by atoms with van der Waals surface area (Å²) < 4.78 is 0. The minimum absolute atomic E-state index is 0.116. The minimum atomic E-state index is 0.116. The molecule has 140 valence electrons. The number of rotatable bonds is 6. The molecule has 4 N–H and O–H groups in total. The summed E-state index contributed by atoms with van der Waals surface area (Å²) in [4.78, 5) is 14.4. The van der Waals surface area contributed by atoms with Gasteiger partial charge in [0.15, 0.2) is 5.13 Å². The maximum Gasteiger partial charge on any atom is 0.227 e. The van der Waals surface area contributed by atoms with Gasteiger partial charge in [0.1, 0.15) is 0 Å². The van der Waals surface area contributed by atoms with E-state index < -0.39 is 0 Å². The minimum Gasteiger partial charge on any atom is -0.396 e. The lowest BCUT2D eigenvalue weighted by Crippen LogP contribution is -1.99. The summed E-state index contributed by atoms with van der Waals surface area (Å²) in [7, 11) is 0. The summed E-state index contributed by atoms with van der Waals surface area (Å²) in [5, 5.41) is 12.9. The number of nitrogens with two attached hydrogens (primary N) is 1. The van der Waals surface area contributed by atoms with E-state index in [-0.39, 0.29) is 6.61 Å². The van der Waals surface area contributed by atoms with Gasteiger partial charge in [-0.15, -0.1) is 0 Å². The van der Waals surface area contributed by atoms with Gasteiger partial charge < -0.3 is 16.2 Å². The van der Waals surface area contributed by atoms with Crippen LogP contribution in [0.25, 0.3) is 21.8 Å². The van der Waals surface area contributed by atoms with E-state index in [1.165, 1.54) is 11.3 Å². The lowest BCUT2D eigenvalue weighted by Gasteiger charge is -2.08. The SMILES string of the molecule is Nc1nc(-c2ccccc2)c(-c2ccnc(Nc3cccc(CCO)c3)n2)s1. The van der Waals surface area contributed by atoms with Crippen molar-refractivity contribution in [1.29, 1.82) is 0 Å². The first-order valence-electron chi connectivity index (χ1n) is 8.85. The first-order valence-corrected chi connectivity index (χ1v) is 9.66. The van der Waals surface area contributed by atoms with Crippen LogP contribution >= 0.6 is 11.3 Å². The standard InChI is InChI=1S/C21H19N5OS/c22-20-26-18(15-6-2-1-3-7-15)19(28-20)17-9-11-23-21(25-17)24-16-8-4-5-14(13-16)10-12-27/h1-9,11,13,27H,10,12H2,(H2,22,26)(H,23,24,25). The Hall–Kier alpha value is -3.29. The molecule has 28 heavy (non-hydrogen) atoms. The largest absolute Gasteiger partial charge is 0.396 e. The molecule has 2 aromatic heterocycles. The molecule has 0 fully saturated rings. The topological polar surface area (TPSA) is 97.0 Å². The molecule has 0 saturated heterocycles. The maximum atomic E-state index is 9.12. The molecule has 7 heteroatoms. The Morgan fingerprint density at radius 1 is 1.00 bits per heavy atom. The smallest absolute Gasteiger partial charge is 0.227 e. The molecule has 4 rings (SSSR count). The highest BCUT2D eigenvalue weighted by Gasteiger charge is 2.15. The number of aliphatic hydroxyl groups is 1. The van der Waals surface area contributed by atoms with Gasteiger partial charge in [0, 0.05) is 24.1 Å². The van der Waals surface area contributed by atoms with Gasteiger partial charge in [0.25, 0.3) is 0 Å². The second-order valence-corrected chi connectivity index (χ2v) is 7.19. The third kappa shape index (κ3) is 4.00. The molecule has 0 radical (unpaired) electrons. The Balaban J connectivity index is 1.66. The number of benzene rings is 2. The average molecular weight is 389 g/mol. The Bertz CT molecular complexity index is 1080. The summed E-state index contributed by atoms with van der Waals surface area (Å²) in [6.45, 7) is 0.116. The number of thiazole rings is 1. The number of nitrogens with one attached hydrogen (secondary N) is 1. The van der Waals surface area contributed by atoms with Crippen molar-refractivity contribution in [3.05, 3.63) is 72.4 Å². The van der Waals surface area contributed by atoms with E-state index in [9.17, 15) is 0 Å². The van der Waals surface area contributed by atoms with Gasteiger partial charge in [-0.05, 0) is 30.2 Å². The van der Waals surface area contributed by atoms with Crippen molar-refractivity contribution in [3.63, 3.8) is 0 Å². The van der Waals surface area contributed by atoms with Gasteiger partial charge in [-0.3, -0.25) is 0 Å². The molecular formula is C21H19N5OS. The zero-order valence-electron chi connectivity index (χ0n) is 15.0. The quantitative estimate of drug-likeness (QED) is 0.459. The Labute approximate surface area is 166 Å². The van der Waals surface area contributed by atoms with E-state index >= 15 is 0 Å². The van der Waals surface area contributed by atoms with E-state index in [1.807, 2.05) is 60.7 Å². The summed E-state index contributed by atoms with van der Waals surface area (Å²) in [6.07, 6.45) is 2.32. The molecule has 0 saturated carbocycles. The third-order valence-electron chi connectivity index (χ3n) is 4.16. The van der Waals surface area contributed by atoms with Crippen LogP contribution in [0.4, 0.5) is 16.8 Å². The first kappa shape index (κ1) is 18.1. The lowest BCUT2D eigenvalue weighted by atomic mass is 10.1. The predicted octanol–water partition coefficient (Wildman–Crippen LogP) is 4.13. The number of nitrogens with zero attached hydrogens (tertiary/aromatic N) is 3. The number of aromatic nitrogens is 3. The molecule has 0 spiro atoms. The summed E-state index contributed by atoms with van der Waals surface area (Å²) in [5.74, 6) is 0.490. The van der Waals surface area contributed by atoms with E-state index in [0.717, 1.165) is 33.1 Å². The molecule has 2 heterocycles. The molecule has 0 atom stereocenters. The van der Waals surface area contributed by atoms with Gasteiger partial charge in [0.05, 0.1) is 16.3 Å². The summed E-state index contributed by atoms with van der Waals surface area (Å²) >= 11 is 1.41. The molecule has 0 bridgehead atoms. The first-order chi connectivity index (χ1) is 13.7. The number of anilines is 3. The monoisotopic (exact) mass is 389 g/mol. The molecular weight excluding hydrogens is 370 g/mol. The molecule has 4 aromatic rings. The van der Waals surface area contributed by atoms with Crippen LogP contribution in [0.3, 0.4) is 0 Å². The van der Waals surface area contributed by atoms with Crippen molar-refractivity contribution in [1.82, 2.24) is 15.0 Å². The summed E-state index contributed by atoms with van der Waals surface area (Å²) in [5.41, 5.74) is 10.5. The van der Waals surface area contributed by atoms with Crippen LogP contribution in [0.5, 0.6) is 0 Å². The normalized spacial score (nSPS) is 10.8. The second-order valence-electron chi connectivity index (χ2n) is 6.16. The molecule has 0 amide bonds. The molecule has 0 aliphatic rings. The van der Waals surface area contributed by atoms with Gasteiger partial charge in [-0.2, -0.15) is 0 Å². The second kappa shape index (κ2) is 8.16. The molecule has 2 aromatic carbocycles. The van der Waals surface area contributed by atoms with Crippen LogP contribution in [0, 0.1) is 0 Å². The van der Waals surface area contributed by atoms with Crippen LogP contribution in [-0.4, -0.2) is 26.7 Å². The van der Waals surface area contributed by atoms with Crippen LogP contribution in [0.1, 0.15) is 5.56 Å². The molecule has 0 aliphatic heterocycles. The fraction of sp³-hybridized carbons (Fsp3) is 0.0952. The third-order valence-corrected chi connectivity index (χ3v) is 5.07. The van der Waals surface area contributed by atoms with E-state index in [2.05, 4.69) is 20.3 Å². The van der Waals surface area contributed by atoms with Gasteiger partial charge in [-0.25, -0.2) is 15.0 Å². The Morgan fingerprint density at radius 3 is 2.68 bits per heavy atom. The highest BCUT2D eigenvalue weighted by molar-refractivity contribution is 7.19. The molecule has 0 aliphatic carbocycles. The zero-order chi connectivity index (χ0) is 19.3. The van der Waals surface area contributed by atoms with Crippen molar-refractivity contribution in [2.24, 2.45) is 0 Å². The lowest BCUT2D eigenvalue weighted by molar-refractivity contribution is 0.299. The van der Waals surface area contributed by atoms with Gasteiger partial charge >= 0.3 is 0 Å². The van der Waals surface area contributed by atoms with Crippen LogP contribution in [-0.2, 0) is 6.42 Å². The fourth-order valence-electron chi connectivity index (χ4n) is 2.91. The van der Waals surface area contributed by atoms with E-state index in [1.54, 1.807) is 6.20 Å². The van der Waals surface area contributed by atoms with E-state index in [4.69, 9.17) is 10.8 Å². The van der Waals surface area contributed by atoms with Gasteiger partial charge in [-0.1, -0.05) is 53.8 Å². The van der Waals surface area contributed by atoms with Crippen molar-refractivity contribution in [2.75, 3.05) is 17.7 Å². The average Bonchev–Trinajstić information content (AvgIpc) is 3.11. The van der Waals surface area contributed by atoms with Crippen LogP contribution in [0.15, 0.2) is 66.9 Å². The number of aliphatic hydroxyl groups excluding tert-OH is 1. The number of hydrogen-bond donors (Lipinski definition) is 3. The highest BCUT2D eigenvalue weighted by atomic mass is 32.1. The summed E-state index contributed by atoms with van der Waals surface area (Å²) in [6, 6.07) is 19.6. The zero-order valence-corrected chi connectivity index (χ0v) is 15.9. The molecule has 0 unspecified atom stereocenters. The van der Waals surface area contributed by atoms with Gasteiger partial charge in [0.2, 0.25) is 5.95 Å². The van der Waals surface area contributed by atoms with Crippen molar-refractivity contribution in [2.45, 2.75) is 6.42 Å². The van der Waals surface area contributed by atoms with E-state index in [0.29, 0.717) is 17.5 Å². The fourth-order valence-corrected chi connectivity index (χ4v) is 3.73. The maximum absolute atomic E-state index is 9.12. The number of nitrogen functional groups attached to an aromatic ring is 1. The van der Waals surface area contributed by atoms with Crippen LogP contribution < -0.4 is 11.1 Å². The Morgan fingerprint density at radius 2 is 1.86 bits per heavy atom. The van der Waals surface area contributed by atoms with Crippen LogP contribution in [0.2, 0.25) is 0 Å².